The minimum absolute atomic E-state index is 0.635. The van der Waals surface area contributed by atoms with Gasteiger partial charge >= 0.3 is 0 Å². The quantitative estimate of drug-likeness (QED) is 0.735. The van der Waals surface area contributed by atoms with Gasteiger partial charge in [0.15, 0.2) is 0 Å². The second kappa shape index (κ2) is 6.88. The van der Waals surface area contributed by atoms with Gasteiger partial charge in [0.1, 0.15) is 6.33 Å². The highest BCUT2D eigenvalue weighted by molar-refractivity contribution is 5.64. The molecule has 2 aromatic heterocycles. The summed E-state index contributed by atoms with van der Waals surface area (Å²) in [6.07, 6.45) is 7.12. The first-order valence-electron chi connectivity index (χ1n) is 8.30. The van der Waals surface area contributed by atoms with Crippen LogP contribution in [-0.2, 0) is 6.54 Å². The number of aromatic nitrogens is 4. The molecule has 1 aromatic carbocycles. The Morgan fingerprint density at radius 2 is 1.75 bits per heavy atom. The number of rotatable bonds is 4. The van der Waals surface area contributed by atoms with Crippen molar-refractivity contribution in [3.63, 3.8) is 0 Å². The Hall–Kier alpha value is -2.60. The van der Waals surface area contributed by atoms with Gasteiger partial charge in [0.2, 0.25) is 11.7 Å². The summed E-state index contributed by atoms with van der Waals surface area (Å²) < 4.78 is 5.41. The molecule has 24 heavy (non-hydrogen) atoms. The largest absolute Gasteiger partial charge is 0.338 e. The van der Waals surface area contributed by atoms with E-state index in [4.69, 9.17) is 4.52 Å². The second-order valence-corrected chi connectivity index (χ2v) is 6.02. The minimum atomic E-state index is 0.635. The Labute approximate surface area is 140 Å². The van der Waals surface area contributed by atoms with Crippen molar-refractivity contribution >= 4 is 0 Å². The van der Waals surface area contributed by atoms with E-state index >= 15 is 0 Å². The van der Waals surface area contributed by atoms with E-state index in [0.717, 1.165) is 36.5 Å². The molecule has 1 fully saturated rings. The molecule has 0 atom stereocenters. The first-order chi connectivity index (χ1) is 11.9. The van der Waals surface area contributed by atoms with E-state index in [1.807, 2.05) is 30.3 Å². The van der Waals surface area contributed by atoms with Crippen LogP contribution < -0.4 is 0 Å². The smallest absolute Gasteiger partial charge is 0.241 e. The molecule has 0 amide bonds. The summed E-state index contributed by atoms with van der Waals surface area (Å²) in [6, 6.07) is 9.90. The summed E-state index contributed by atoms with van der Waals surface area (Å²) in [7, 11) is 0. The molecule has 0 unspecified atom stereocenters. The summed E-state index contributed by atoms with van der Waals surface area (Å²) in [6.45, 7) is 2.97. The molecule has 6 heteroatoms. The maximum absolute atomic E-state index is 5.41. The molecule has 122 valence electrons. The highest BCUT2D eigenvalue weighted by atomic mass is 16.5. The zero-order chi connectivity index (χ0) is 16.2. The predicted octanol–water partition coefficient (Wildman–Crippen LogP) is 3.18. The van der Waals surface area contributed by atoms with Crippen LogP contribution in [0.1, 0.15) is 25.2 Å². The number of hydrogen-bond donors (Lipinski definition) is 0. The van der Waals surface area contributed by atoms with Crippen molar-refractivity contribution in [1.82, 2.24) is 25.0 Å². The van der Waals surface area contributed by atoms with Gasteiger partial charge in [-0.1, -0.05) is 35.8 Å². The van der Waals surface area contributed by atoms with Gasteiger partial charge in [-0.25, -0.2) is 9.97 Å². The average molecular weight is 321 g/mol. The highest BCUT2D eigenvalue weighted by Crippen LogP contribution is 2.22. The second-order valence-electron chi connectivity index (χ2n) is 6.02. The van der Waals surface area contributed by atoms with E-state index in [1.54, 1.807) is 12.5 Å². The molecule has 4 rings (SSSR count). The first-order valence-corrected chi connectivity index (χ1v) is 8.30. The topological polar surface area (TPSA) is 67.9 Å². The fourth-order valence-corrected chi connectivity index (χ4v) is 3.00. The van der Waals surface area contributed by atoms with Gasteiger partial charge in [0, 0.05) is 17.3 Å². The van der Waals surface area contributed by atoms with Crippen LogP contribution in [-0.4, -0.2) is 38.1 Å². The first kappa shape index (κ1) is 15.0. The van der Waals surface area contributed by atoms with Crippen molar-refractivity contribution in [1.29, 1.82) is 0 Å². The number of hydrogen-bond acceptors (Lipinski definition) is 6. The van der Waals surface area contributed by atoms with Crippen LogP contribution in [0.5, 0.6) is 0 Å². The third kappa shape index (κ3) is 3.33. The van der Waals surface area contributed by atoms with E-state index < -0.39 is 0 Å². The Kier molecular flexibility index (Phi) is 4.29. The lowest BCUT2D eigenvalue weighted by molar-refractivity contribution is 0.193. The number of nitrogens with zero attached hydrogens (tertiary/aromatic N) is 5. The molecule has 0 spiro atoms. The van der Waals surface area contributed by atoms with Crippen molar-refractivity contribution in [3.8, 4) is 22.6 Å². The lowest BCUT2D eigenvalue weighted by Crippen LogP contribution is -2.29. The van der Waals surface area contributed by atoms with Crippen LogP contribution in [0, 0.1) is 0 Å². The van der Waals surface area contributed by atoms with E-state index in [0.29, 0.717) is 11.7 Å². The number of piperidine rings is 1. The third-order valence-electron chi connectivity index (χ3n) is 4.30. The van der Waals surface area contributed by atoms with Gasteiger partial charge in [0.05, 0.1) is 12.2 Å². The monoisotopic (exact) mass is 321 g/mol. The Morgan fingerprint density at radius 1 is 0.958 bits per heavy atom. The minimum Gasteiger partial charge on any atom is -0.338 e. The summed E-state index contributed by atoms with van der Waals surface area (Å²) in [5.74, 6) is 1.32. The number of likely N-dealkylation sites (tertiary alicyclic amines) is 1. The van der Waals surface area contributed by atoms with Crippen LogP contribution in [0.3, 0.4) is 0 Å². The molecular formula is C18H19N5O. The van der Waals surface area contributed by atoms with Crippen LogP contribution in [0.25, 0.3) is 22.6 Å². The maximum atomic E-state index is 5.41. The van der Waals surface area contributed by atoms with Gasteiger partial charge in [-0.05, 0) is 32.0 Å². The van der Waals surface area contributed by atoms with E-state index in [2.05, 4.69) is 25.0 Å². The fraction of sp³-hybridized carbons (Fsp3) is 0.333. The van der Waals surface area contributed by atoms with Gasteiger partial charge < -0.3 is 4.52 Å². The molecule has 1 aliphatic heterocycles. The molecule has 0 N–H and O–H groups in total. The lowest BCUT2D eigenvalue weighted by Gasteiger charge is -2.24. The van der Waals surface area contributed by atoms with Gasteiger partial charge in [-0.15, -0.1) is 0 Å². The van der Waals surface area contributed by atoms with Crippen molar-refractivity contribution in [2.24, 2.45) is 0 Å². The van der Waals surface area contributed by atoms with Gasteiger partial charge in [-0.2, -0.15) is 4.98 Å². The third-order valence-corrected chi connectivity index (χ3v) is 4.30. The van der Waals surface area contributed by atoms with Crippen LogP contribution in [0.2, 0.25) is 0 Å². The molecule has 3 aromatic rings. The van der Waals surface area contributed by atoms with Crippen molar-refractivity contribution < 1.29 is 4.52 Å². The number of benzene rings is 1. The van der Waals surface area contributed by atoms with Crippen LogP contribution in [0.4, 0.5) is 0 Å². The maximum Gasteiger partial charge on any atom is 0.241 e. The zero-order valence-electron chi connectivity index (χ0n) is 13.4. The molecular weight excluding hydrogens is 302 g/mol. The molecule has 3 heterocycles. The Bertz CT molecular complexity index is 779. The van der Waals surface area contributed by atoms with Crippen LogP contribution in [0.15, 0.2) is 47.4 Å². The summed E-state index contributed by atoms with van der Waals surface area (Å²) in [5.41, 5.74) is 2.88. The zero-order valence-corrected chi connectivity index (χ0v) is 13.4. The van der Waals surface area contributed by atoms with E-state index in [1.165, 1.54) is 19.3 Å². The van der Waals surface area contributed by atoms with Crippen molar-refractivity contribution in [2.75, 3.05) is 13.1 Å². The molecule has 1 aliphatic rings. The summed E-state index contributed by atoms with van der Waals surface area (Å²) in [4.78, 5) is 15.1. The standard InChI is InChI=1S/C18H19N5O/c1-2-10-23(11-3-1)12-17-21-18(22-24-17)15-6-4-14(5-7-15)16-8-9-19-13-20-16/h4-9,13H,1-3,10-12H2. The van der Waals surface area contributed by atoms with Crippen molar-refractivity contribution in [3.05, 3.63) is 48.7 Å². The summed E-state index contributed by atoms with van der Waals surface area (Å²) in [5, 5.41) is 4.12. The Balaban J connectivity index is 1.48. The lowest BCUT2D eigenvalue weighted by atomic mass is 10.1. The Morgan fingerprint density at radius 3 is 2.50 bits per heavy atom. The normalized spacial score (nSPS) is 15.5. The highest BCUT2D eigenvalue weighted by Gasteiger charge is 2.15. The summed E-state index contributed by atoms with van der Waals surface area (Å²) >= 11 is 0. The molecule has 0 radical (unpaired) electrons. The van der Waals surface area contributed by atoms with Crippen molar-refractivity contribution in [2.45, 2.75) is 25.8 Å². The van der Waals surface area contributed by atoms with Crippen LogP contribution >= 0.6 is 0 Å². The molecule has 6 nitrogen and oxygen atoms in total. The van der Waals surface area contributed by atoms with E-state index in [-0.39, 0.29) is 0 Å². The predicted molar refractivity (Wildman–Crippen MR) is 89.9 cm³/mol. The van der Waals surface area contributed by atoms with E-state index in [9.17, 15) is 0 Å². The SMILES string of the molecule is c1cc(-c2ccc(-c3noc(CN4CCCCC4)n3)cc2)ncn1. The average Bonchev–Trinajstić information content (AvgIpc) is 3.12. The van der Waals surface area contributed by atoms with Gasteiger partial charge in [-0.3, -0.25) is 4.90 Å². The molecule has 0 aliphatic carbocycles. The fourth-order valence-electron chi connectivity index (χ4n) is 3.00. The molecule has 0 bridgehead atoms. The van der Waals surface area contributed by atoms with Gasteiger partial charge in [0.25, 0.3) is 0 Å². The molecule has 0 saturated carbocycles. The molecule has 1 saturated heterocycles.